The third-order valence-corrected chi connectivity index (χ3v) is 4.99. The zero-order chi connectivity index (χ0) is 14.0. The Balaban J connectivity index is 2.39. The molecule has 0 bridgehead atoms. The average molecular weight is 362 g/mol. The number of ether oxygens (including phenoxy) is 2. The van der Waals surface area contributed by atoms with Crippen LogP contribution in [-0.4, -0.2) is 20.0 Å². The van der Waals surface area contributed by atoms with E-state index in [1.807, 2.05) is 0 Å². The maximum atomic E-state index is 12.3. The minimum Gasteiger partial charge on any atom is -0.493 e. The molecule has 6 heteroatoms. The number of carbonyl (C=O) groups excluding carboxylic acids is 1. The van der Waals surface area contributed by atoms with Gasteiger partial charge in [0, 0.05) is 5.56 Å². The number of hydrogen-bond donors (Lipinski definition) is 0. The Hall–Kier alpha value is -1.04. The number of rotatable bonds is 4. The number of benzene rings is 1. The lowest BCUT2D eigenvalue weighted by Gasteiger charge is -2.08. The predicted molar refractivity (Wildman–Crippen MR) is 80.0 cm³/mol. The molecule has 0 atom stereocenters. The molecule has 0 unspecified atom stereocenters. The van der Waals surface area contributed by atoms with Gasteiger partial charge in [0.25, 0.3) is 0 Å². The van der Waals surface area contributed by atoms with Crippen molar-refractivity contribution in [3.8, 4) is 11.5 Å². The number of methoxy groups -OCH3 is 2. The van der Waals surface area contributed by atoms with Gasteiger partial charge in [-0.05, 0) is 40.2 Å². The second-order valence-electron chi connectivity index (χ2n) is 3.63. The van der Waals surface area contributed by atoms with E-state index in [2.05, 4.69) is 15.9 Å². The number of carbonyl (C=O) groups is 1. The zero-order valence-electron chi connectivity index (χ0n) is 10.2. The van der Waals surface area contributed by atoms with Crippen LogP contribution in [0.1, 0.15) is 15.2 Å². The molecule has 0 aliphatic carbocycles. The molecular formula is C13H10BrClO3S. The number of thiophene rings is 1. The van der Waals surface area contributed by atoms with Gasteiger partial charge >= 0.3 is 0 Å². The topological polar surface area (TPSA) is 35.5 Å². The van der Waals surface area contributed by atoms with Crippen LogP contribution < -0.4 is 9.47 Å². The van der Waals surface area contributed by atoms with Gasteiger partial charge in [0.1, 0.15) is 0 Å². The third-order valence-electron chi connectivity index (χ3n) is 2.51. The third kappa shape index (κ3) is 2.94. The van der Waals surface area contributed by atoms with Gasteiger partial charge in [-0.1, -0.05) is 11.6 Å². The molecule has 0 aliphatic rings. The summed E-state index contributed by atoms with van der Waals surface area (Å²) in [4.78, 5) is 12.9. The highest BCUT2D eigenvalue weighted by Gasteiger charge is 2.16. The van der Waals surface area contributed by atoms with Crippen LogP contribution in [0.5, 0.6) is 11.5 Å². The second-order valence-corrected chi connectivity index (χ2v) is 6.41. The zero-order valence-corrected chi connectivity index (χ0v) is 13.4. The number of hydrogen-bond acceptors (Lipinski definition) is 4. The van der Waals surface area contributed by atoms with E-state index < -0.39 is 0 Å². The van der Waals surface area contributed by atoms with E-state index >= 15 is 0 Å². The highest BCUT2D eigenvalue weighted by atomic mass is 79.9. The average Bonchev–Trinajstić information content (AvgIpc) is 2.77. The molecule has 1 heterocycles. The van der Waals surface area contributed by atoms with Crippen molar-refractivity contribution in [2.24, 2.45) is 0 Å². The van der Waals surface area contributed by atoms with E-state index in [9.17, 15) is 4.79 Å². The van der Waals surface area contributed by atoms with Gasteiger partial charge in [-0.2, -0.15) is 0 Å². The quantitative estimate of drug-likeness (QED) is 0.757. The van der Waals surface area contributed by atoms with E-state index in [4.69, 9.17) is 21.1 Å². The van der Waals surface area contributed by atoms with Crippen molar-refractivity contribution in [2.75, 3.05) is 14.2 Å². The highest BCUT2D eigenvalue weighted by Crippen LogP contribution is 2.34. The Bertz CT molecular complexity index is 605. The summed E-state index contributed by atoms with van der Waals surface area (Å²) in [5.74, 6) is 1.01. The van der Waals surface area contributed by atoms with Gasteiger partial charge in [-0.25, -0.2) is 0 Å². The summed E-state index contributed by atoms with van der Waals surface area (Å²) in [7, 11) is 3.08. The fourth-order valence-electron chi connectivity index (χ4n) is 1.58. The van der Waals surface area contributed by atoms with E-state index in [0.29, 0.717) is 27.0 Å². The lowest BCUT2D eigenvalue weighted by molar-refractivity contribution is 0.104. The van der Waals surface area contributed by atoms with Crippen molar-refractivity contribution in [3.63, 3.8) is 0 Å². The summed E-state index contributed by atoms with van der Waals surface area (Å²) in [6.07, 6.45) is 0. The Kier molecular flexibility index (Phi) is 4.50. The Labute approximate surface area is 128 Å². The maximum Gasteiger partial charge on any atom is 0.203 e. The van der Waals surface area contributed by atoms with Crippen LogP contribution >= 0.6 is 38.9 Å². The fraction of sp³-hybridized carbons (Fsp3) is 0.154. The van der Waals surface area contributed by atoms with Crippen LogP contribution in [0, 0.1) is 0 Å². The molecule has 0 aliphatic heterocycles. The van der Waals surface area contributed by atoms with Crippen molar-refractivity contribution < 1.29 is 14.3 Å². The Morgan fingerprint density at radius 1 is 1.21 bits per heavy atom. The van der Waals surface area contributed by atoms with Crippen molar-refractivity contribution in [1.29, 1.82) is 0 Å². The van der Waals surface area contributed by atoms with Crippen LogP contribution in [0.3, 0.4) is 0 Å². The fourth-order valence-corrected chi connectivity index (χ4v) is 3.24. The molecule has 0 N–H and O–H groups in total. The Morgan fingerprint density at radius 2 is 1.89 bits per heavy atom. The van der Waals surface area contributed by atoms with E-state index in [1.165, 1.54) is 18.4 Å². The lowest BCUT2D eigenvalue weighted by Crippen LogP contribution is -2.00. The molecule has 2 aromatic rings. The largest absolute Gasteiger partial charge is 0.493 e. The van der Waals surface area contributed by atoms with E-state index in [1.54, 1.807) is 31.4 Å². The summed E-state index contributed by atoms with van der Waals surface area (Å²) in [6.45, 7) is 0. The van der Waals surface area contributed by atoms with Crippen LogP contribution in [0.2, 0.25) is 5.02 Å². The van der Waals surface area contributed by atoms with Crippen LogP contribution in [-0.2, 0) is 0 Å². The molecule has 0 spiro atoms. The lowest BCUT2D eigenvalue weighted by atomic mass is 10.1. The SMILES string of the molecule is COc1ccc(C(=O)c2cc(Cl)c(Br)s2)cc1OC. The molecule has 1 aromatic heterocycles. The summed E-state index contributed by atoms with van der Waals surface area (Å²) < 4.78 is 11.1. The van der Waals surface area contributed by atoms with Crippen molar-refractivity contribution in [1.82, 2.24) is 0 Å². The summed E-state index contributed by atoms with van der Waals surface area (Å²) >= 11 is 10.5. The van der Waals surface area contributed by atoms with Crippen molar-refractivity contribution >= 4 is 44.7 Å². The molecule has 19 heavy (non-hydrogen) atoms. The van der Waals surface area contributed by atoms with Gasteiger partial charge in [0.15, 0.2) is 11.5 Å². The van der Waals surface area contributed by atoms with Gasteiger partial charge in [-0.15, -0.1) is 11.3 Å². The number of halogens is 2. The number of ketones is 1. The molecule has 2 rings (SSSR count). The standard InChI is InChI=1S/C13H10BrClO3S/c1-17-9-4-3-7(5-10(9)18-2)12(16)11-6-8(15)13(14)19-11/h3-6H,1-2H3. The highest BCUT2D eigenvalue weighted by molar-refractivity contribution is 9.11. The molecule has 0 saturated heterocycles. The van der Waals surface area contributed by atoms with Crippen molar-refractivity contribution in [2.45, 2.75) is 0 Å². The smallest absolute Gasteiger partial charge is 0.203 e. The summed E-state index contributed by atoms with van der Waals surface area (Å²) in [5, 5.41) is 0.536. The van der Waals surface area contributed by atoms with Gasteiger partial charge in [0.2, 0.25) is 5.78 Å². The van der Waals surface area contributed by atoms with Crippen LogP contribution in [0.15, 0.2) is 28.1 Å². The van der Waals surface area contributed by atoms with Gasteiger partial charge in [0.05, 0.1) is 27.9 Å². The second kappa shape index (κ2) is 5.94. The van der Waals surface area contributed by atoms with Crippen LogP contribution in [0.4, 0.5) is 0 Å². The molecule has 0 saturated carbocycles. The first-order valence-corrected chi connectivity index (χ1v) is 7.27. The molecule has 100 valence electrons. The first-order valence-electron chi connectivity index (χ1n) is 5.28. The van der Waals surface area contributed by atoms with Crippen LogP contribution in [0.25, 0.3) is 0 Å². The molecular weight excluding hydrogens is 352 g/mol. The predicted octanol–water partition coefficient (Wildman–Crippen LogP) is 4.41. The molecule has 0 fully saturated rings. The first kappa shape index (κ1) is 14.4. The van der Waals surface area contributed by atoms with E-state index in [0.717, 1.165) is 3.79 Å². The van der Waals surface area contributed by atoms with E-state index in [-0.39, 0.29) is 5.78 Å². The Morgan fingerprint density at radius 3 is 2.42 bits per heavy atom. The van der Waals surface area contributed by atoms with Gasteiger partial charge < -0.3 is 9.47 Å². The maximum absolute atomic E-state index is 12.3. The summed E-state index contributed by atoms with van der Waals surface area (Å²) in [6, 6.07) is 6.71. The minimum absolute atomic E-state index is 0.0986. The molecule has 0 radical (unpaired) electrons. The monoisotopic (exact) mass is 360 g/mol. The molecule has 0 amide bonds. The minimum atomic E-state index is -0.0986. The molecule has 3 nitrogen and oxygen atoms in total. The van der Waals surface area contributed by atoms with Crippen molar-refractivity contribution in [3.05, 3.63) is 43.5 Å². The summed E-state index contributed by atoms with van der Waals surface area (Å²) in [5.41, 5.74) is 0.531. The van der Waals surface area contributed by atoms with Gasteiger partial charge in [-0.3, -0.25) is 4.79 Å². The first-order chi connectivity index (χ1) is 9.06. The normalized spacial score (nSPS) is 10.3. The molecule has 1 aromatic carbocycles.